The van der Waals surface area contributed by atoms with Crippen molar-refractivity contribution in [2.45, 2.75) is 0 Å². The monoisotopic (exact) mass is 794 g/mol. The Hall–Kier alpha value is -8.48. The van der Waals surface area contributed by atoms with E-state index in [1.807, 2.05) is 48.5 Å². The highest BCUT2D eigenvalue weighted by atomic mass is 16.3. The lowest BCUT2D eigenvalue weighted by molar-refractivity contribution is 0.667. The largest absolute Gasteiger partial charge is 0.452 e. The number of aromatic nitrogens is 4. The van der Waals surface area contributed by atoms with Crippen LogP contribution in [0.4, 0.5) is 0 Å². The molecule has 0 radical (unpaired) electrons. The summed E-state index contributed by atoms with van der Waals surface area (Å²) in [5, 5.41) is 1.92. The number of hydrogen-bond acceptors (Lipinski definition) is 6. The first-order valence-electron chi connectivity index (χ1n) is 20.6. The van der Waals surface area contributed by atoms with Gasteiger partial charge in [-0.1, -0.05) is 182 Å². The molecule has 6 heteroatoms. The first kappa shape index (κ1) is 35.5. The lowest BCUT2D eigenvalue weighted by atomic mass is 10.0. The molecule has 0 aliphatic rings. The van der Waals surface area contributed by atoms with Crippen LogP contribution in [0.1, 0.15) is 0 Å². The van der Waals surface area contributed by atoms with Gasteiger partial charge in [0.05, 0.1) is 0 Å². The van der Waals surface area contributed by atoms with E-state index < -0.39 is 0 Å². The molecule has 0 unspecified atom stereocenters. The van der Waals surface area contributed by atoms with Gasteiger partial charge in [0, 0.05) is 33.0 Å². The molecule has 0 aliphatic carbocycles. The highest BCUT2D eigenvalue weighted by molar-refractivity contribution is 6.08. The van der Waals surface area contributed by atoms with Crippen molar-refractivity contribution in [2.24, 2.45) is 0 Å². The van der Waals surface area contributed by atoms with Gasteiger partial charge in [-0.3, -0.25) is 0 Å². The molecule has 12 rings (SSSR count). The summed E-state index contributed by atoms with van der Waals surface area (Å²) in [5.74, 6) is 1.28. The molecular formula is C56H34N4O2. The third kappa shape index (κ3) is 6.21. The van der Waals surface area contributed by atoms with E-state index in [4.69, 9.17) is 28.8 Å². The zero-order chi connectivity index (χ0) is 41.0. The molecule has 0 aliphatic heterocycles. The average Bonchev–Trinajstić information content (AvgIpc) is 3.93. The van der Waals surface area contributed by atoms with E-state index in [1.54, 1.807) is 0 Å². The van der Waals surface area contributed by atoms with Crippen molar-refractivity contribution in [3.05, 3.63) is 206 Å². The SMILES string of the molecule is c1ccc(-c2ccc(-c3nc(-c4ccc(-c5ccc(-c6nc(-c7ccc(-c8ccccc8)cc7)c7oc8ccccc8c7n6)cc5)cc4)c4oc5ccccc5c4n3)cc2)cc1. The molecule has 0 N–H and O–H groups in total. The second kappa shape index (κ2) is 14.7. The highest BCUT2D eigenvalue weighted by Gasteiger charge is 2.20. The summed E-state index contributed by atoms with van der Waals surface area (Å²) in [6, 6.07) is 70.6. The number of furan rings is 2. The Labute approximate surface area is 356 Å². The van der Waals surface area contributed by atoms with Crippen molar-refractivity contribution in [1.29, 1.82) is 0 Å². The molecule has 12 aromatic rings. The molecule has 0 amide bonds. The Bertz CT molecular complexity index is 3580. The van der Waals surface area contributed by atoms with Gasteiger partial charge in [0.1, 0.15) is 33.6 Å². The van der Waals surface area contributed by atoms with Crippen LogP contribution in [0.25, 0.3) is 123 Å². The molecule has 0 bridgehead atoms. The number of fused-ring (bicyclic) bond motifs is 6. The summed E-state index contributed by atoms with van der Waals surface area (Å²) in [5.41, 5.74) is 16.5. The van der Waals surface area contributed by atoms with Crippen molar-refractivity contribution in [1.82, 2.24) is 19.9 Å². The second-order valence-electron chi connectivity index (χ2n) is 15.4. The minimum absolute atomic E-state index is 0.636. The van der Waals surface area contributed by atoms with Crippen LogP contribution >= 0.6 is 0 Å². The Balaban J connectivity index is 0.888. The Morgan fingerprint density at radius 2 is 0.532 bits per heavy atom. The summed E-state index contributed by atoms with van der Waals surface area (Å²) >= 11 is 0. The van der Waals surface area contributed by atoms with Gasteiger partial charge in [-0.15, -0.1) is 0 Å². The lowest BCUT2D eigenvalue weighted by Crippen LogP contribution is -1.94. The molecule has 4 heterocycles. The average molecular weight is 795 g/mol. The Morgan fingerprint density at radius 3 is 0.903 bits per heavy atom. The van der Waals surface area contributed by atoms with E-state index in [1.165, 1.54) is 11.1 Å². The third-order valence-corrected chi connectivity index (χ3v) is 11.6. The first-order chi connectivity index (χ1) is 30.7. The van der Waals surface area contributed by atoms with E-state index in [0.29, 0.717) is 22.8 Å². The molecule has 290 valence electrons. The molecule has 8 aromatic carbocycles. The second-order valence-corrected chi connectivity index (χ2v) is 15.4. The number of nitrogens with zero attached hydrogens (tertiary/aromatic N) is 4. The maximum Gasteiger partial charge on any atom is 0.180 e. The van der Waals surface area contributed by atoms with Crippen molar-refractivity contribution in [3.63, 3.8) is 0 Å². The van der Waals surface area contributed by atoms with Crippen molar-refractivity contribution >= 4 is 44.1 Å². The van der Waals surface area contributed by atoms with Crippen LogP contribution in [0.15, 0.2) is 215 Å². The minimum Gasteiger partial charge on any atom is -0.452 e. The smallest absolute Gasteiger partial charge is 0.180 e. The van der Waals surface area contributed by atoms with Crippen molar-refractivity contribution in [3.8, 4) is 78.7 Å². The number of rotatable bonds is 7. The number of para-hydroxylation sites is 2. The van der Waals surface area contributed by atoms with Gasteiger partial charge >= 0.3 is 0 Å². The number of hydrogen-bond donors (Lipinski definition) is 0. The minimum atomic E-state index is 0.636. The fraction of sp³-hybridized carbons (Fsp3) is 0. The summed E-state index contributed by atoms with van der Waals surface area (Å²) in [4.78, 5) is 20.5. The normalized spacial score (nSPS) is 11.5. The topological polar surface area (TPSA) is 77.8 Å². The summed E-state index contributed by atoms with van der Waals surface area (Å²) in [6.45, 7) is 0. The van der Waals surface area contributed by atoms with Crippen LogP contribution < -0.4 is 0 Å². The molecule has 0 atom stereocenters. The summed E-state index contributed by atoms with van der Waals surface area (Å²) < 4.78 is 12.8. The van der Waals surface area contributed by atoms with Gasteiger partial charge in [-0.05, 0) is 57.6 Å². The predicted molar refractivity (Wildman–Crippen MR) is 250 cm³/mol. The fourth-order valence-electron chi connectivity index (χ4n) is 8.36. The van der Waals surface area contributed by atoms with Gasteiger partial charge in [0.2, 0.25) is 0 Å². The van der Waals surface area contributed by atoms with E-state index in [9.17, 15) is 0 Å². The molecule has 0 fully saturated rings. The molecular weight excluding hydrogens is 761 g/mol. The summed E-state index contributed by atoms with van der Waals surface area (Å²) in [6.07, 6.45) is 0. The van der Waals surface area contributed by atoms with E-state index >= 15 is 0 Å². The fourth-order valence-corrected chi connectivity index (χ4v) is 8.36. The van der Waals surface area contributed by atoms with Crippen molar-refractivity contribution in [2.75, 3.05) is 0 Å². The van der Waals surface area contributed by atoms with Gasteiger partial charge in [-0.2, -0.15) is 0 Å². The standard InChI is InChI=1S/C56H34N4O2/c1-3-11-35(12-4-1)37-19-27-41(28-20-37)49-53-51(45-15-7-9-17-47(45)61-53)60-56(57-49)44-33-25-40(26-34-44)39-21-29-42(30-22-39)50-54-52(46-16-8-10-18-48(46)62-54)59-55(58-50)43-31-23-38(24-32-43)36-13-5-2-6-14-36/h1-34H. The van der Waals surface area contributed by atoms with Gasteiger partial charge in [0.15, 0.2) is 22.8 Å². The number of benzene rings is 8. The Morgan fingerprint density at radius 1 is 0.242 bits per heavy atom. The van der Waals surface area contributed by atoms with Crippen LogP contribution in [-0.2, 0) is 0 Å². The zero-order valence-corrected chi connectivity index (χ0v) is 33.2. The van der Waals surface area contributed by atoms with Gasteiger partial charge in [0.25, 0.3) is 0 Å². The van der Waals surface area contributed by atoms with Crippen molar-refractivity contribution < 1.29 is 8.83 Å². The van der Waals surface area contributed by atoms with Crippen LogP contribution in [0, 0.1) is 0 Å². The van der Waals surface area contributed by atoms with Crippen LogP contribution in [0.5, 0.6) is 0 Å². The molecule has 6 nitrogen and oxygen atoms in total. The van der Waals surface area contributed by atoms with Crippen LogP contribution in [0.3, 0.4) is 0 Å². The van der Waals surface area contributed by atoms with E-state index in [2.05, 4.69) is 158 Å². The lowest BCUT2D eigenvalue weighted by Gasteiger charge is -2.09. The maximum atomic E-state index is 6.44. The van der Waals surface area contributed by atoms with Gasteiger partial charge < -0.3 is 8.83 Å². The zero-order valence-electron chi connectivity index (χ0n) is 33.2. The molecule has 62 heavy (non-hydrogen) atoms. The van der Waals surface area contributed by atoms with E-state index in [0.717, 1.165) is 88.9 Å². The maximum absolute atomic E-state index is 6.44. The summed E-state index contributed by atoms with van der Waals surface area (Å²) in [7, 11) is 0. The quantitative estimate of drug-likeness (QED) is 0.160. The Kier molecular flexibility index (Phi) is 8.38. The highest BCUT2D eigenvalue weighted by Crippen LogP contribution is 2.39. The van der Waals surface area contributed by atoms with Gasteiger partial charge in [-0.25, -0.2) is 19.9 Å². The molecule has 0 saturated carbocycles. The first-order valence-corrected chi connectivity index (χ1v) is 20.6. The van der Waals surface area contributed by atoms with Crippen LogP contribution in [-0.4, -0.2) is 19.9 Å². The molecule has 0 saturated heterocycles. The molecule has 0 spiro atoms. The van der Waals surface area contributed by atoms with Crippen LogP contribution in [0.2, 0.25) is 0 Å². The predicted octanol–water partition coefficient (Wildman–Crippen LogP) is 14.7. The molecule has 4 aromatic heterocycles. The third-order valence-electron chi connectivity index (χ3n) is 11.6. The van der Waals surface area contributed by atoms with E-state index in [-0.39, 0.29) is 0 Å².